The van der Waals surface area contributed by atoms with E-state index >= 15 is 0 Å². The van der Waals surface area contributed by atoms with Crippen LogP contribution in [0.25, 0.3) is 0 Å². The predicted octanol–water partition coefficient (Wildman–Crippen LogP) is 2.10. The largest absolute Gasteiger partial charge is 0.355 e. The molecule has 6 nitrogen and oxygen atoms in total. The SMILES string of the molecule is CC(C)c1nccc(N2CCC(N(C)Cc3ncccn3)C2)n1. The minimum atomic E-state index is 0.353. The van der Waals surface area contributed by atoms with Gasteiger partial charge in [0, 0.05) is 43.6 Å². The molecule has 0 radical (unpaired) electrons. The minimum absolute atomic E-state index is 0.353. The fourth-order valence-electron chi connectivity index (χ4n) is 2.89. The number of nitrogens with zero attached hydrogens (tertiary/aromatic N) is 6. The van der Waals surface area contributed by atoms with Crippen LogP contribution in [0.4, 0.5) is 5.82 Å². The van der Waals surface area contributed by atoms with Gasteiger partial charge < -0.3 is 4.90 Å². The smallest absolute Gasteiger partial charge is 0.142 e. The first-order valence-electron chi connectivity index (χ1n) is 8.17. The van der Waals surface area contributed by atoms with Gasteiger partial charge in [0.1, 0.15) is 17.5 Å². The number of rotatable bonds is 5. The highest BCUT2D eigenvalue weighted by Gasteiger charge is 2.27. The molecule has 0 aromatic carbocycles. The molecule has 2 aromatic rings. The lowest BCUT2D eigenvalue weighted by Gasteiger charge is -2.24. The highest BCUT2D eigenvalue weighted by Crippen LogP contribution is 2.22. The molecule has 0 amide bonds. The maximum atomic E-state index is 4.70. The number of hydrogen-bond acceptors (Lipinski definition) is 6. The normalized spacial score (nSPS) is 18.1. The third kappa shape index (κ3) is 3.82. The zero-order chi connectivity index (χ0) is 16.2. The zero-order valence-electron chi connectivity index (χ0n) is 14.1. The Kier molecular flexibility index (Phi) is 4.81. The molecule has 0 saturated carbocycles. The van der Waals surface area contributed by atoms with Gasteiger partial charge in [0.15, 0.2) is 0 Å². The van der Waals surface area contributed by atoms with E-state index in [-0.39, 0.29) is 0 Å². The van der Waals surface area contributed by atoms with Gasteiger partial charge in [-0.3, -0.25) is 4.90 Å². The molecule has 6 heteroatoms. The second-order valence-electron chi connectivity index (χ2n) is 6.40. The van der Waals surface area contributed by atoms with Crippen molar-refractivity contribution < 1.29 is 0 Å². The van der Waals surface area contributed by atoms with Gasteiger partial charge in [-0.05, 0) is 25.6 Å². The molecule has 3 heterocycles. The van der Waals surface area contributed by atoms with Gasteiger partial charge in [0.05, 0.1) is 6.54 Å². The van der Waals surface area contributed by atoms with Crippen LogP contribution in [0.3, 0.4) is 0 Å². The Morgan fingerprint density at radius 1 is 1.22 bits per heavy atom. The quantitative estimate of drug-likeness (QED) is 0.843. The summed E-state index contributed by atoms with van der Waals surface area (Å²) < 4.78 is 0. The second kappa shape index (κ2) is 7.00. The molecule has 0 bridgehead atoms. The molecule has 1 aliphatic heterocycles. The Morgan fingerprint density at radius 2 is 2.00 bits per heavy atom. The van der Waals surface area contributed by atoms with Crippen molar-refractivity contribution in [3.8, 4) is 0 Å². The maximum Gasteiger partial charge on any atom is 0.142 e. The molecule has 1 unspecified atom stereocenters. The van der Waals surface area contributed by atoms with Crippen molar-refractivity contribution >= 4 is 5.82 Å². The summed E-state index contributed by atoms with van der Waals surface area (Å²) >= 11 is 0. The van der Waals surface area contributed by atoms with E-state index in [1.165, 1.54) is 0 Å². The Morgan fingerprint density at radius 3 is 2.74 bits per heavy atom. The van der Waals surface area contributed by atoms with Gasteiger partial charge in [-0.1, -0.05) is 13.8 Å². The lowest BCUT2D eigenvalue weighted by atomic mass is 10.2. The van der Waals surface area contributed by atoms with E-state index in [4.69, 9.17) is 4.98 Å². The van der Waals surface area contributed by atoms with Gasteiger partial charge in [0.2, 0.25) is 0 Å². The van der Waals surface area contributed by atoms with E-state index in [2.05, 4.69) is 45.6 Å². The van der Waals surface area contributed by atoms with Crippen molar-refractivity contribution in [2.45, 2.75) is 38.8 Å². The van der Waals surface area contributed by atoms with Gasteiger partial charge in [-0.15, -0.1) is 0 Å². The first-order chi connectivity index (χ1) is 11.1. The van der Waals surface area contributed by atoms with Crippen molar-refractivity contribution in [2.24, 2.45) is 0 Å². The van der Waals surface area contributed by atoms with Gasteiger partial charge >= 0.3 is 0 Å². The molecule has 1 aliphatic rings. The summed E-state index contributed by atoms with van der Waals surface area (Å²) in [5.41, 5.74) is 0. The highest BCUT2D eigenvalue weighted by atomic mass is 15.3. The number of anilines is 1. The average Bonchev–Trinajstić information content (AvgIpc) is 3.06. The van der Waals surface area contributed by atoms with E-state index < -0.39 is 0 Å². The molecular weight excluding hydrogens is 288 g/mol. The van der Waals surface area contributed by atoms with E-state index in [0.29, 0.717) is 12.0 Å². The van der Waals surface area contributed by atoms with Crippen molar-refractivity contribution in [3.05, 3.63) is 42.4 Å². The second-order valence-corrected chi connectivity index (χ2v) is 6.40. The van der Waals surface area contributed by atoms with E-state index in [1.54, 1.807) is 12.4 Å². The van der Waals surface area contributed by atoms with Crippen molar-refractivity contribution in [2.75, 3.05) is 25.0 Å². The standard InChI is InChI=1S/C17H24N6/c1-13(2)17-20-9-5-16(21-17)23-10-6-14(11-23)22(3)12-15-18-7-4-8-19-15/h4-5,7-9,13-14H,6,10-12H2,1-3H3. The van der Waals surface area contributed by atoms with Gasteiger partial charge in [0.25, 0.3) is 0 Å². The third-order valence-electron chi connectivity index (χ3n) is 4.30. The lowest BCUT2D eigenvalue weighted by molar-refractivity contribution is 0.244. The lowest BCUT2D eigenvalue weighted by Crippen LogP contribution is -2.34. The van der Waals surface area contributed by atoms with Gasteiger partial charge in [-0.25, -0.2) is 19.9 Å². The van der Waals surface area contributed by atoms with Gasteiger partial charge in [-0.2, -0.15) is 0 Å². The molecule has 1 saturated heterocycles. The molecule has 23 heavy (non-hydrogen) atoms. The first kappa shape index (κ1) is 15.8. The summed E-state index contributed by atoms with van der Waals surface area (Å²) in [4.78, 5) is 22.4. The Balaban J connectivity index is 1.63. The van der Waals surface area contributed by atoms with Crippen LogP contribution in [0.15, 0.2) is 30.7 Å². The number of hydrogen-bond donors (Lipinski definition) is 0. The Bertz CT molecular complexity index is 630. The molecule has 0 spiro atoms. The molecule has 122 valence electrons. The van der Waals surface area contributed by atoms with Crippen LogP contribution in [0.5, 0.6) is 0 Å². The van der Waals surface area contributed by atoms with Crippen molar-refractivity contribution in [1.82, 2.24) is 24.8 Å². The molecule has 2 aromatic heterocycles. The van der Waals surface area contributed by atoms with Crippen molar-refractivity contribution in [1.29, 1.82) is 0 Å². The summed E-state index contributed by atoms with van der Waals surface area (Å²) in [7, 11) is 2.14. The average molecular weight is 312 g/mol. The monoisotopic (exact) mass is 312 g/mol. The van der Waals surface area contributed by atoms with Crippen LogP contribution in [0.1, 0.15) is 37.8 Å². The summed E-state index contributed by atoms with van der Waals surface area (Å²) in [6, 6.07) is 4.35. The fraction of sp³-hybridized carbons (Fsp3) is 0.529. The summed E-state index contributed by atoms with van der Waals surface area (Å²) in [6.07, 6.45) is 6.59. The summed E-state index contributed by atoms with van der Waals surface area (Å²) in [5, 5.41) is 0. The van der Waals surface area contributed by atoms with Crippen LogP contribution in [0, 0.1) is 0 Å². The first-order valence-corrected chi connectivity index (χ1v) is 8.17. The van der Waals surface area contributed by atoms with Crippen LogP contribution < -0.4 is 4.90 Å². The minimum Gasteiger partial charge on any atom is -0.355 e. The third-order valence-corrected chi connectivity index (χ3v) is 4.30. The maximum absolute atomic E-state index is 4.70. The number of likely N-dealkylation sites (N-methyl/N-ethyl adjacent to an activating group) is 1. The summed E-state index contributed by atoms with van der Waals surface area (Å²) in [5.74, 6) is 3.18. The molecule has 0 aliphatic carbocycles. The fourth-order valence-corrected chi connectivity index (χ4v) is 2.89. The van der Waals surface area contributed by atoms with Crippen LogP contribution >= 0.6 is 0 Å². The van der Waals surface area contributed by atoms with Crippen LogP contribution in [-0.2, 0) is 6.54 Å². The van der Waals surface area contributed by atoms with E-state index in [1.807, 2.05) is 18.3 Å². The molecular formula is C17H24N6. The molecule has 3 rings (SSSR count). The Labute approximate surface area is 137 Å². The molecule has 1 atom stereocenters. The van der Waals surface area contributed by atoms with Crippen LogP contribution in [-0.4, -0.2) is 51.0 Å². The zero-order valence-corrected chi connectivity index (χ0v) is 14.1. The van der Waals surface area contributed by atoms with Crippen molar-refractivity contribution in [3.63, 3.8) is 0 Å². The molecule has 0 N–H and O–H groups in total. The number of aromatic nitrogens is 4. The van der Waals surface area contributed by atoms with E-state index in [0.717, 1.165) is 43.5 Å². The highest BCUT2D eigenvalue weighted by molar-refractivity contribution is 5.39. The Hall–Kier alpha value is -2.08. The molecule has 1 fully saturated rings. The predicted molar refractivity (Wildman–Crippen MR) is 90.2 cm³/mol. The summed E-state index contributed by atoms with van der Waals surface area (Å²) in [6.45, 7) is 7.04. The van der Waals surface area contributed by atoms with Crippen LogP contribution in [0.2, 0.25) is 0 Å². The van der Waals surface area contributed by atoms with E-state index in [9.17, 15) is 0 Å². The topological polar surface area (TPSA) is 58.0 Å².